The zero-order valence-corrected chi connectivity index (χ0v) is 22.6. The topological polar surface area (TPSA) is 61.8 Å². The van der Waals surface area contributed by atoms with E-state index in [0.717, 1.165) is 61.2 Å². The minimum absolute atomic E-state index is 0.0144. The van der Waals surface area contributed by atoms with E-state index in [4.69, 9.17) is 4.74 Å². The predicted octanol–water partition coefficient (Wildman–Crippen LogP) is 6.75. The molecule has 5 nitrogen and oxygen atoms in total. The van der Waals surface area contributed by atoms with Crippen LogP contribution in [0.1, 0.15) is 116 Å². The van der Waals surface area contributed by atoms with E-state index in [2.05, 4.69) is 57.2 Å². The standard InChI is InChI=1S/C30H46N2O3/c1-6-7-8-10-15-29(2,3)22-19-25(33)27-23-18-21(28(34)31-32-16-11-9-12-17-32)13-14-24(23)30(4,5)35-26(27)20-22/h13,19-20,23-24,33H,6-12,14-18H2,1-5H3,(H,31,34)/t23-,24-/m1/s1. The third kappa shape index (κ3) is 5.71. The van der Waals surface area contributed by atoms with Crippen LogP contribution >= 0.6 is 0 Å². The van der Waals surface area contributed by atoms with Crippen molar-refractivity contribution in [2.24, 2.45) is 5.92 Å². The van der Waals surface area contributed by atoms with Gasteiger partial charge in [0.15, 0.2) is 0 Å². The molecule has 4 rings (SSSR count). The number of allylic oxidation sites excluding steroid dienone is 1. The molecule has 1 aliphatic carbocycles. The molecule has 0 aromatic heterocycles. The van der Waals surface area contributed by atoms with Crippen LogP contribution in [0.5, 0.6) is 11.5 Å². The van der Waals surface area contributed by atoms with Crippen molar-refractivity contribution in [2.45, 2.75) is 116 Å². The maximum Gasteiger partial charge on any atom is 0.261 e. The van der Waals surface area contributed by atoms with Crippen LogP contribution in [-0.4, -0.2) is 34.7 Å². The number of hydrazine groups is 1. The summed E-state index contributed by atoms with van der Waals surface area (Å²) in [6.45, 7) is 12.9. The Balaban J connectivity index is 1.56. The number of ether oxygens (including phenoxy) is 1. The molecule has 2 heterocycles. The number of amides is 1. The van der Waals surface area contributed by atoms with Crippen LogP contribution in [0.25, 0.3) is 0 Å². The summed E-state index contributed by atoms with van der Waals surface area (Å²) in [5.41, 5.74) is 5.59. The molecule has 35 heavy (non-hydrogen) atoms. The smallest absolute Gasteiger partial charge is 0.261 e. The number of fused-ring (bicyclic) bond motifs is 3. The monoisotopic (exact) mass is 482 g/mol. The highest BCUT2D eigenvalue weighted by molar-refractivity contribution is 5.93. The normalized spacial score (nSPS) is 24.1. The number of carbonyl (C=O) groups is 1. The van der Waals surface area contributed by atoms with Gasteiger partial charge in [0.05, 0.1) is 0 Å². The number of hydrogen-bond acceptors (Lipinski definition) is 4. The number of unbranched alkanes of at least 4 members (excludes halogenated alkanes) is 3. The van der Waals surface area contributed by atoms with Crippen molar-refractivity contribution >= 4 is 5.91 Å². The molecule has 194 valence electrons. The Labute approximate surface area is 212 Å². The van der Waals surface area contributed by atoms with E-state index in [1.54, 1.807) is 0 Å². The highest BCUT2D eigenvalue weighted by Crippen LogP contribution is 2.55. The van der Waals surface area contributed by atoms with Gasteiger partial charge >= 0.3 is 0 Å². The lowest BCUT2D eigenvalue weighted by Gasteiger charge is -2.47. The molecular formula is C30H46N2O3. The van der Waals surface area contributed by atoms with Crippen LogP contribution in [0, 0.1) is 5.92 Å². The van der Waals surface area contributed by atoms with Gasteiger partial charge in [0.1, 0.15) is 17.1 Å². The summed E-state index contributed by atoms with van der Waals surface area (Å²) in [5.74, 6) is 1.43. The molecule has 3 aliphatic rings. The first-order chi connectivity index (χ1) is 16.6. The van der Waals surface area contributed by atoms with E-state index in [1.165, 1.54) is 32.1 Å². The number of aromatic hydroxyl groups is 1. The maximum absolute atomic E-state index is 13.1. The summed E-state index contributed by atoms with van der Waals surface area (Å²) in [6, 6.07) is 4.13. The van der Waals surface area contributed by atoms with Gasteiger partial charge in [-0.15, -0.1) is 0 Å². The van der Waals surface area contributed by atoms with Crippen LogP contribution in [0.4, 0.5) is 0 Å². The number of rotatable bonds is 8. The number of benzene rings is 1. The van der Waals surface area contributed by atoms with E-state index in [9.17, 15) is 9.90 Å². The lowest BCUT2D eigenvalue weighted by Crippen LogP contribution is -2.48. The second kappa shape index (κ2) is 10.5. The Bertz CT molecular complexity index is 943. The summed E-state index contributed by atoms with van der Waals surface area (Å²) in [6.07, 6.45) is 13.1. The van der Waals surface area contributed by atoms with E-state index >= 15 is 0 Å². The summed E-state index contributed by atoms with van der Waals surface area (Å²) in [5, 5.41) is 13.4. The number of nitrogens with one attached hydrogen (secondary N) is 1. The zero-order chi connectivity index (χ0) is 25.2. The molecule has 1 aromatic carbocycles. The van der Waals surface area contributed by atoms with Crippen molar-refractivity contribution in [1.29, 1.82) is 0 Å². The van der Waals surface area contributed by atoms with Gasteiger partial charge in [0, 0.05) is 36.1 Å². The average Bonchev–Trinajstić information content (AvgIpc) is 2.81. The minimum atomic E-state index is -0.362. The van der Waals surface area contributed by atoms with Crippen LogP contribution in [0.2, 0.25) is 0 Å². The second-order valence-corrected chi connectivity index (χ2v) is 12.2. The summed E-state index contributed by atoms with van der Waals surface area (Å²) in [7, 11) is 0. The van der Waals surface area contributed by atoms with Crippen LogP contribution in [-0.2, 0) is 10.2 Å². The van der Waals surface area contributed by atoms with E-state index in [1.807, 2.05) is 6.07 Å². The van der Waals surface area contributed by atoms with Crippen LogP contribution in [0.3, 0.4) is 0 Å². The van der Waals surface area contributed by atoms with Crippen molar-refractivity contribution in [2.75, 3.05) is 13.1 Å². The predicted molar refractivity (Wildman–Crippen MR) is 142 cm³/mol. The molecule has 0 unspecified atom stereocenters. The first kappa shape index (κ1) is 26.1. The molecule has 2 N–H and O–H groups in total. The van der Waals surface area contributed by atoms with Gasteiger partial charge in [-0.25, -0.2) is 5.01 Å². The molecule has 0 radical (unpaired) electrons. The van der Waals surface area contributed by atoms with Crippen molar-refractivity contribution in [3.05, 3.63) is 34.9 Å². The van der Waals surface area contributed by atoms with Gasteiger partial charge in [-0.3, -0.25) is 10.2 Å². The Morgan fingerprint density at radius 2 is 1.91 bits per heavy atom. The Hall–Kier alpha value is -2.01. The average molecular weight is 483 g/mol. The molecule has 0 bridgehead atoms. The Morgan fingerprint density at radius 1 is 1.17 bits per heavy atom. The summed E-state index contributed by atoms with van der Waals surface area (Å²) < 4.78 is 6.57. The Morgan fingerprint density at radius 3 is 2.63 bits per heavy atom. The van der Waals surface area contributed by atoms with Gasteiger partial charge in [0.2, 0.25) is 0 Å². The maximum atomic E-state index is 13.1. The first-order valence-corrected chi connectivity index (χ1v) is 13.9. The number of hydrogen-bond donors (Lipinski definition) is 2. The zero-order valence-electron chi connectivity index (χ0n) is 22.6. The molecule has 1 fully saturated rings. The van der Waals surface area contributed by atoms with Gasteiger partial charge in [-0.2, -0.15) is 0 Å². The van der Waals surface area contributed by atoms with E-state index in [0.29, 0.717) is 12.2 Å². The number of carbonyl (C=O) groups excluding carboxylic acids is 1. The van der Waals surface area contributed by atoms with Gasteiger partial charge in [-0.05, 0) is 69.1 Å². The molecule has 1 aromatic rings. The largest absolute Gasteiger partial charge is 0.508 e. The number of phenolic OH excluding ortho intramolecular Hbond substituents is 1. The van der Waals surface area contributed by atoms with Crippen molar-refractivity contribution in [3.63, 3.8) is 0 Å². The highest BCUT2D eigenvalue weighted by Gasteiger charge is 2.47. The number of nitrogens with zero attached hydrogens (tertiary/aromatic N) is 1. The van der Waals surface area contributed by atoms with Crippen molar-refractivity contribution in [1.82, 2.24) is 10.4 Å². The fraction of sp³-hybridized carbons (Fsp3) is 0.700. The SMILES string of the molecule is CCCCCCC(C)(C)c1cc(O)c2c(c1)OC(C)(C)[C@@H]1CC=C(C(=O)NN3CCCCC3)C[C@@H]21. The number of phenols is 1. The highest BCUT2D eigenvalue weighted by atomic mass is 16.5. The van der Waals surface area contributed by atoms with Crippen LogP contribution in [0.15, 0.2) is 23.8 Å². The minimum Gasteiger partial charge on any atom is -0.508 e. The lowest BCUT2D eigenvalue weighted by atomic mass is 9.66. The molecule has 5 heteroatoms. The van der Waals surface area contributed by atoms with Gasteiger partial charge in [0.25, 0.3) is 5.91 Å². The first-order valence-electron chi connectivity index (χ1n) is 13.9. The van der Waals surface area contributed by atoms with Gasteiger partial charge < -0.3 is 9.84 Å². The lowest BCUT2D eigenvalue weighted by molar-refractivity contribution is -0.123. The molecule has 2 atom stereocenters. The quantitative estimate of drug-likeness (QED) is 0.402. The second-order valence-electron chi connectivity index (χ2n) is 12.2. The third-order valence-electron chi connectivity index (χ3n) is 8.64. The summed E-state index contributed by atoms with van der Waals surface area (Å²) in [4.78, 5) is 13.1. The molecule has 0 saturated carbocycles. The molecular weight excluding hydrogens is 436 g/mol. The Kier molecular flexibility index (Phi) is 7.85. The molecule has 2 aliphatic heterocycles. The number of piperidine rings is 1. The molecule has 1 saturated heterocycles. The molecule has 1 amide bonds. The van der Waals surface area contributed by atoms with Gasteiger partial charge in [-0.1, -0.05) is 59.0 Å². The van der Waals surface area contributed by atoms with E-state index < -0.39 is 0 Å². The van der Waals surface area contributed by atoms with Crippen LogP contribution < -0.4 is 10.2 Å². The summed E-state index contributed by atoms with van der Waals surface area (Å²) >= 11 is 0. The molecule has 0 spiro atoms. The van der Waals surface area contributed by atoms with E-state index in [-0.39, 0.29) is 28.8 Å². The third-order valence-corrected chi connectivity index (χ3v) is 8.64. The fourth-order valence-electron chi connectivity index (χ4n) is 6.33. The fourth-order valence-corrected chi connectivity index (χ4v) is 6.33. The van der Waals surface area contributed by atoms with Crippen molar-refractivity contribution in [3.8, 4) is 11.5 Å². The van der Waals surface area contributed by atoms with Crippen molar-refractivity contribution < 1.29 is 14.6 Å².